The Morgan fingerprint density at radius 2 is 1.54 bits per heavy atom. The molecular formula is C13H6BrF6NO2S. The van der Waals surface area contributed by atoms with Crippen LogP contribution in [0.3, 0.4) is 0 Å². The summed E-state index contributed by atoms with van der Waals surface area (Å²) in [5, 5.41) is 12.9. The molecule has 1 aromatic heterocycles. The summed E-state index contributed by atoms with van der Waals surface area (Å²) in [6.07, 6.45) is -10.0. The van der Waals surface area contributed by atoms with E-state index in [1.54, 1.807) is 0 Å². The van der Waals surface area contributed by atoms with E-state index in [0.29, 0.717) is 12.1 Å². The molecule has 1 heterocycles. The van der Waals surface area contributed by atoms with Crippen LogP contribution in [0.1, 0.15) is 20.8 Å². The second-order valence-corrected chi connectivity index (χ2v) is 6.24. The summed E-state index contributed by atoms with van der Waals surface area (Å²) < 4.78 is 76.6. The number of hydrogen-bond acceptors (Lipinski definition) is 3. The number of nitrogens with one attached hydrogen (secondary N) is 1. The van der Waals surface area contributed by atoms with E-state index in [2.05, 4.69) is 15.9 Å². The molecule has 0 radical (unpaired) electrons. The largest absolute Gasteiger partial charge is 0.505 e. The molecule has 0 saturated heterocycles. The molecule has 1 amide bonds. The van der Waals surface area contributed by atoms with E-state index < -0.39 is 40.8 Å². The van der Waals surface area contributed by atoms with Crippen molar-refractivity contribution in [1.29, 1.82) is 0 Å². The van der Waals surface area contributed by atoms with Crippen molar-refractivity contribution >= 4 is 38.9 Å². The van der Waals surface area contributed by atoms with Gasteiger partial charge in [0.15, 0.2) is 5.75 Å². The Morgan fingerprint density at radius 3 is 1.92 bits per heavy atom. The van der Waals surface area contributed by atoms with Crippen molar-refractivity contribution in [3.63, 3.8) is 0 Å². The highest BCUT2D eigenvalue weighted by Crippen LogP contribution is 2.38. The molecule has 0 aliphatic heterocycles. The number of hydrogen-bond donors (Lipinski definition) is 2. The number of benzene rings is 1. The molecule has 3 nitrogen and oxygen atoms in total. The van der Waals surface area contributed by atoms with Gasteiger partial charge in [0, 0.05) is 11.1 Å². The first-order chi connectivity index (χ1) is 10.9. The van der Waals surface area contributed by atoms with Gasteiger partial charge in [0.25, 0.3) is 5.91 Å². The van der Waals surface area contributed by atoms with Crippen molar-refractivity contribution in [2.24, 2.45) is 0 Å². The molecule has 24 heavy (non-hydrogen) atoms. The molecule has 11 heteroatoms. The topological polar surface area (TPSA) is 49.3 Å². The van der Waals surface area contributed by atoms with E-state index in [1.165, 1.54) is 5.38 Å². The number of carbonyl (C=O) groups excluding carboxylic acids is 1. The fourth-order valence-electron chi connectivity index (χ4n) is 1.71. The monoisotopic (exact) mass is 433 g/mol. The van der Waals surface area contributed by atoms with Crippen LogP contribution in [0.5, 0.6) is 5.75 Å². The summed E-state index contributed by atoms with van der Waals surface area (Å²) in [6.45, 7) is 0. The standard InChI is InChI=1S/C13H6BrF6NO2S/c14-8-4-24-10(9(8)22)11(23)21-7-2-5(12(15,16)17)1-6(3-7)13(18,19)20/h1-4,22H,(H,21,23). The summed E-state index contributed by atoms with van der Waals surface area (Å²) in [6, 6.07) is 0.717. The molecular weight excluding hydrogens is 428 g/mol. The maximum atomic E-state index is 12.7. The van der Waals surface area contributed by atoms with Gasteiger partial charge < -0.3 is 10.4 Å². The summed E-state index contributed by atoms with van der Waals surface area (Å²) in [7, 11) is 0. The molecule has 0 spiro atoms. The van der Waals surface area contributed by atoms with Gasteiger partial charge in [-0.3, -0.25) is 4.79 Å². The first kappa shape index (κ1) is 18.6. The molecule has 0 unspecified atom stereocenters. The average Bonchev–Trinajstić information content (AvgIpc) is 2.77. The minimum Gasteiger partial charge on any atom is -0.505 e. The molecule has 2 rings (SSSR count). The summed E-state index contributed by atoms with van der Waals surface area (Å²) >= 11 is 3.70. The molecule has 2 N–H and O–H groups in total. The van der Waals surface area contributed by atoms with E-state index >= 15 is 0 Å². The molecule has 0 atom stereocenters. The second-order valence-electron chi connectivity index (χ2n) is 4.51. The Labute approximate surface area is 143 Å². The highest BCUT2D eigenvalue weighted by Gasteiger charge is 2.37. The van der Waals surface area contributed by atoms with Crippen LogP contribution < -0.4 is 5.32 Å². The fourth-order valence-corrected chi connectivity index (χ4v) is 3.03. The SMILES string of the molecule is O=C(Nc1cc(C(F)(F)F)cc(C(F)(F)F)c1)c1scc(Br)c1O. The van der Waals surface area contributed by atoms with Crippen molar-refractivity contribution in [3.8, 4) is 5.75 Å². The number of anilines is 1. The lowest BCUT2D eigenvalue weighted by molar-refractivity contribution is -0.143. The van der Waals surface area contributed by atoms with Gasteiger partial charge in [0.2, 0.25) is 0 Å². The second kappa shape index (κ2) is 6.28. The first-order valence-corrected chi connectivity index (χ1v) is 7.63. The molecule has 130 valence electrons. The predicted octanol–water partition coefficient (Wildman–Crippen LogP) is 5.51. The third-order valence-corrected chi connectivity index (χ3v) is 4.65. The summed E-state index contributed by atoms with van der Waals surface area (Å²) in [5.41, 5.74) is -3.79. The Morgan fingerprint density at radius 1 is 1.04 bits per heavy atom. The van der Waals surface area contributed by atoms with Gasteiger partial charge in [-0.15, -0.1) is 11.3 Å². The maximum absolute atomic E-state index is 12.7. The normalized spacial score (nSPS) is 12.3. The number of aromatic hydroxyl groups is 1. The van der Waals surface area contributed by atoms with Crippen LogP contribution in [0.2, 0.25) is 0 Å². The van der Waals surface area contributed by atoms with Crippen molar-refractivity contribution in [2.45, 2.75) is 12.4 Å². The van der Waals surface area contributed by atoms with Crippen LogP contribution >= 0.6 is 27.3 Å². The minimum atomic E-state index is -5.02. The van der Waals surface area contributed by atoms with E-state index in [0.717, 1.165) is 11.3 Å². The predicted molar refractivity (Wildman–Crippen MR) is 78.1 cm³/mol. The first-order valence-electron chi connectivity index (χ1n) is 5.96. The summed E-state index contributed by atoms with van der Waals surface area (Å²) in [5.74, 6) is -1.49. The lowest BCUT2D eigenvalue weighted by Gasteiger charge is -2.14. The van der Waals surface area contributed by atoms with Gasteiger partial charge in [-0.2, -0.15) is 26.3 Å². The number of rotatable bonds is 2. The highest BCUT2D eigenvalue weighted by atomic mass is 79.9. The number of thiophene rings is 1. The van der Waals surface area contributed by atoms with Gasteiger partial charge >= 0.3 is 12.4 Å². The molecule has 1 aromatic carbocycles. The zero-order valence-corrected chi connectivity index (χ0v) is 13.6. The van der Waals surface area contributed by atoms with Crippen LogP contribution in [0.4, 0.5) is 32.0 Å². The van der Waals surface area contributed by atoms with Crippen molar-refractivity contribution < 1.29 is 36.2 Å². The Hall–Kier alpha value is -1.75. The third-order valence-electron chi connectivity index (χ3n) is 2.77. The Kier molecular flexibility index (Phi) is 4.86. The molecule has 2 aromatic rings. The zero-order chi connectivity index (χ0) is 18.3. The van der Waals surface area contributed by atoms with Gasteiger partial charge in [0.1, 0.15) is 4.88 Å². The fraction of sp³-hybridized carbons (Fsp3) is 0.154. The van der Waals surface area contributed by atoms with Crippen molar-refractivity contribution in [1.82, 2.24) is 0 Å². The molecule has 0 saturated carbocycles. The number of halogens is 7. The quantitative estimate of drug-likeness (QED) is 0.613. The number of carbonyl (C=O) groups is 1. The van der Waals surface area contributed by atoms with E-state index in [9.17, 15) is 36.2 Å². The molecule has 0 aliphatic carbocycles. The molecule has 0 bridgehead atoms. The number of amides is 1. The number of alkyl halides is 6. The lowest BCUT2D eigenvalue weighted by atomic mass is 10.1. The van der Waals surface area contributed by atoms with Gasteiger partial charge in [0.05, 0.1) is 15.6 Å². The molecule has 0 fully saturated rings. The van der Waals surface area contributed by atoms with Crippen LogP contribution in [0, 0.1) is 0 Å². The van der Waals surface area contributed by atoms with Crippen LogP contribution in [-0.4, -0.2) is 11.0 Å². The Balaban J connectivity index is 2.42. The van der Waals surface area contributed by atoms with Crippen LogP contribution in [0.25, 0.3) is 0 Å². The van der Waals surface area contributed by atoms with Crippen LogP contribution in [0.15, 0.2) is 28.1 Å². The summed E-state index contributed by atoms with van der Waals surface area (Å²) in [4.78, 5) is 11.7. The van der Waals surface area contributed by atoms with Crippen LogP contribution in [-0.2, 0) is 12.4 Å². The third kappa shape index (κ3) is 4.01. The maximum Gasteiger partial charge on any atom is 0.416 e. The van der Waals surface area contributed by atoms with Crippen molar-refractivity contribution in [2.75, 3.05) is 5.32 Å². The van der Waals surface area contributed by atoms with E-state index in [1.807, 2.05) is 5.32 Å². The highest BCUT2D eigenvalue weighted by molar-refractivity contribution is 9.10. The van der Waals surface area contributed by atoms with Crippen molar-refractivity contribution in [3.05, 3.63) is 44.1 Å². The zero-order valence-electron chi connectivity index (χ0n) is 11.2. The van der Waals surface area contributed by atoms with Gasteiger partial charge in [-0.05, 0) is 34.1 Å². The Bertz CT molecular complexity index is 751. The smallest absolute Gasteiger partial charge is 0.416 e. The van der Waals surface area contributed by atoms with Gasteiger partial charge in [-0.25, -0.2) is 0 Å². The average molecular weight is 434 g/mol. The minimum absolute atomic E-state index is 0.0468. The van der Waals surface area contributed by atoms with E-state index in [-0.39, 0.29) is 15.4 Å². The van der Waals surface area contributed by atoms with Gasteiger partial charge in [-0.1, -0.05) is 0 Å². The van der Waals surface area contributed by atoms with E-state index in [4.69, 9.17) is 0 Å². The lowest BCUT2D eigenvalue weighted by Crippen LogP contribution is -2.15. The molecule has 0 aliphatic rings.